The molecule has 0 aliphatic carbocycles. The first-order chi connectivity index (χ1) is 10.0. The number of nitrogens with one attached hydrogen (secondary N) is 1. The van der Waals surface area contributed by atoms with Crippen LogP contribution in [0.1, 0.15) is 18.4 Å². The lowest BCUT2D eigenvalue weighted by molar-refractivity contribution is -0.122. The molecular weight excluding hydrogens is 311 g/mol. The molecule has 0 aromatic heterocycles. The summed E-state index contributed by atoms with van der Waals surface area (Å²) >= 11 is 12.4. The number of hydrogen-bond donors (Lipinski definition) is 1. The van der Waals surface area contributed by atoms with E-state index in [0.29, 0.717) is 21.3 Å². The Bertz CT molecular complexity index is 668. The van der Waals surface area contributed by atoms with Crippen LogP contribution in [0.25, 0.3) is 0 Å². The third-order valence-corrected chi connectivity index (χ3v) is 4.06. The van der Waals surface area contributed by atoms with Gasteiger partial charge in [-0.3, -0.25) is 4.79 Å². The van der Waals surface area contributed by atoms with Crippen molar-refractivity contribution >= 4 is 34.8 Å². The van der Waals surface area contributed by atoms with Crippen LogP contribution in [0.4, 0.5) is 0 Å². The SMILES string of the molecule is CC1=NNC(=O)C1C(c1c(Cl)cccc1Cl)C(C#N)C#N. The first-order valence-corrected chi connectivity index (χ1v) is 6.84. The van der Waals surface area contributed by atoms with Crippen molar-refractivity contribution in [1.82, 2.24) is 5.43 Å². The van der Waals surface area contributed by atoms with Crippen molar-refractivity contribution in [3.8, 4) is 12.1 Å². The summed E-state index contributed by atoms with van der Waals surface area (Å²) in [6.45, 7) is 1.66. The van der Waals surface area contributed by atoms with E-state index in [4.69, 9.17) is 23.2 Å². The molecule has 2 rings (SSSR count). The fourth-order valence-corrected chi connectivity index (χ4v) is 3.09. The van der Waals surface area contributed by atoms with Crippen LogP contribution in [0.3, 0.4) is 0 Å². The Kier molecular flexibility index (Phi) is 4.47. The highest BCUT2D eigenvalue weighted by molar-refractivity contribution is 6.36. The molecule has 1 heterocycles. The minimum absolute atomic E-state index is 0.315. The van der Waals surface area contributed by atoms with E-state index in [9.17, 15) is 15.3 Å². The normalized spacial score (nSPS) is 18.7. The topological polar surface area (TPSA) is 89.0 Å². The number of amides is 1. The zero-order chi connectivity index (χ0) is 15.6. The smallest absolute Gasteiger partial charge is 0.249 e. The quantitative estimate of drug-likeness (QED) is 0.928. The second-order valence-electron chi connectivity index (χ2n) is 4.60. The Labute approximate surface area is 131 Å². The van der Waals surface area contributed by atoms with Gasteiger partial charge in [-0.2, -0.15) is 15.6 Å². The van der Waals surface area contributed by atoms with Gasteiger partial charge in [0, 0.05) is 21.7 Å². The second-order valence-corrected chi connectivity index (χ2v) is 5.42. The monoisotopic (exact) mass is 320 g/mol. The molecule has 0 bridgehead atoms. The van der Waals surface area contributed by atoms with Crippen LogP contribution in [-0.2, 0) is 4.79 Å². The van der Waals surface area contributed by atoms with E-state index in [0.717, 1.165) is 0 Å². The molecule has 21 heavy (non-hydrogen) atoms. The molecular formula is C14H10Cl2N4O. The average molecular weight is 321 g/mol. The van der Waals surface area contributed by atoms with Crippen molar-refractivity contribution in [2.24, 2.45) is 16.9 Å². The maximum atomic E-state index is 12.0. The fraction of sp³-hybridized carbons (Fsp3) is 0.286. The standard InChI is InChI=1S/C14H10Cl2N4O/c1-7-11(14(21)20-19-7)12(8(5-17)6-18)13-9(15)3-2-4-10(13)16/h2-4,8,11-12H,1H3,(H,20,21). The average Bonchev–Trinajstić information content (AvgIpc) is 2.77. The van der Waals surface area contributed by atoms with Crippen molar-refractivity contribution in [2.45, 2.75) is 12.8 Å². The zero-order valence-electron chi connectivity index (χ0n) is 11.0. The lowest BCUT2D eigenvalue weighted by Crippen LogP contribution is -2.32. The third-order valence-electron chi connectivity index (χ3n) is 3.40. The largest absolute Gasteiger partial charge is 0.272 e. The van der Waals surface area contributed by atoms with Gasteiger partial charge in [0.15, 0.2) is 0 Å². The van der Waals surface area contributed by atoms with Gasteiger partial charge >= 0.3 is 0 Å². The van der Waals surface area contributed by atoms with Crippen LogP contribution >= 0.6 is 23.2 Å². The van der Waals surface area contributed by atoms with Gasteiger partial charge in [-0.25, -0.2) is 5.43 Å². The highest BCUT2D eigenvalue weighted by Crippen LogP contribution is 2.41. The van der Waals surface area contributed by atoms with Crippen LogP contribution in [0.15, 0.2) is 23.3 Å². The molecule has 0 spiro atoms. The van der Waals surface area contributed by atoms with Gasteiger partial charge in [-0.1, -0.05) is 29.3 Å². The second kappa shape index (κ2) is 6.13. The van der Waals surface area contributed by atoms with E-state index in [1.54, 1.807) is 25.1 Å². The van der Waals surface area contributed by atoms with Gasteiger partial charge in [0.1, 0.15) is 5.92 Å². The minimum Gasteiger partial charge on any atom is -0.272 e. The number of nitriles is 2. The summed E-state index contributed by atoms with van der Waals surface area (Å²) in [4.78, 5) is 12.0. The van der Waals surface area contributed by atoms with Crippen LogP contribution in [0.2, 0.25) is 10.0 Å². The molecule has 0 saturated heterocycles. The first kappa shape index (κ1) is 15.3. The van der Waals surface area contributed by atoms with Crippen molar-refractivity contribution in [3.63, 3.8) is 0 Å². The van der Waals surface area contributed by atoms with E-state index in [-0.39, 0.29) is 5.91 Å². The van der Waals surface area contributed by atoms with Gasteiger partial charge in [-0.15, -0.1) is 0 Å². The van der Waals surface area contributed by atoms with E-state index >= 15 is 0 Å². The summed E-state index contributed by atoms with van der Waals surface area (Å²) in [7, 11) is 0. The van der Waals surface area contributed by atoms with Crippen LogP contribution < -0.4 is 5.43 Å². The summed E-state index contributed by atoms with van der Waals surface area (Å²) in [5, 5.41) is 23.0. The minimum atomic E-state index is -1.07. The predicted octanol–water partition coefficient (Wildman–Crippen LogP) is 2.86. The van der Waals surface area contributed by atoms with E-state index in [1.165, 1.54) is 0 Å². The van der Waals surface area contributed by atoms with E-state index in [2.05, 4.69) is 10.5 Å². The van der Waals surface area contributed by atoms with Crippen molar-refractivity contribution in [1.29, 1.82) is 10.5 Å². The molecule has 1 aliphatic rings. The van der Waals surface area contributed by atoms with Gasteiger partial charge in [-0.05, 0) is 24.6 Å². The summed E-state index contributed by atoms with van der Waals surface area (Å²) < 4.78 is 0. The maximum Gasteiger partial charge on any atom is 0.249 e. The molecule has 1 aliphatic heterocycles. The van der Waals surface area contributed by atoms with Crippen LogP contribution in [-0.4, -0.2) is 11.6 Å². The molecule has 1 aromatic rings. The van der Waals surface area contributed by atoms with Gasteiger partial charge < -0.3 is 0 Å². The number of hydrazone groups is 1. The highest BCUT2D eigenvalue weighted by Gasteiger charge is 2.42. The molecule has 1 amide bonds. The summed E-state index contributed by atoms with van der Waals surface area (Å²) in [5.41, 5.74) is 3.27. The predicted molar refractivity (Wildman–Crippen MR) is 78.7 cm³/mol. The number of carbonyl (C=O) groups is 1. The summed E-state index contributed by atoms with van der Waals surface area (Å²) in [6.07, 6.45) is 0. The number of benzene rings is 1. The van der Waals surface area contributed by atoms with Crippen molar-refractivity contribution < 1.29 is 4.79 Å². The number of nitrogens with zero attached hydrogens (tertiary/aromatic N) is 3. The Balaban J connectivity index is 2.63. The zero-order valence-corrected chi connectivity index (χ0v) is 12.5. The van der Waals surface area contributed by atoms with Crippen LogP contribution in [0, 0.1) is 34.5 Å². The molecule has 0 fully saturated rings. The number of halogens is 2. The number of hydrogen-bond acceptors (Lipinski definition) is 4. The van der Waals surface area contributed by atoms with Crippen molar-refractivity contribution in [2.75, 3.05) is 0 Å². The molecule has 2 unspecified atom stereocenters. The molecule has 1 N–H and O–H groups in total. The van der Waals surface area contributed by atoms with Gasteiger partial charge in [0.05, 0.1) is 18.1 Å². The van der Waals surface area contributed by atoms with Crippen molar-refractivity contribution in [3.05, 3.63) is 33.8 Å². The Hall–Kier alpha value is -2.08. The fourth-order valence-electron chi connectivity index (χ4n) is 2.44. The molecule has 1 aromatic carbocycles. The Morgan fingerprint density at radius 1 is 1.29 bits per heavy atom. The third kappa shape index (κ3) is 2.71. The molecule has 7 heteroatoms. The molecule has 0 saturated carbocycles. The Morgan fingerprint density at radius 2 is 1.86 bits per heavy atom. The summed E-state index contributed by atoms with van der Waals surface area (Å²) in [6, 6.07) is 8.70. The highest BCUT2D eigenvalue weighted by atomic mass is 35.5. The lowest BCUT2D eigenvalue weighted by atomic mass is 9.76. The van der Waals surface area contributed by atoms with E-state index < -0.39 is 17.8 Å². The molecule has 5 nitrogen and oxygen atoms in total. The van der Waals surface area contributed by atoms with E-state index in [1.807, 2.05) is 12.1 Å². The molecule has 2 atom stereocenters. The first-order valence-electron chi connectivity index (χ1n) is 6.08. The Morgan fingerprint density at radius 3 is 2.29 bits per heavy atom. The number of carbonyl (C=O) groups excluding carboxylic acids is 1. The maximum absolute atomic E-state index is 12.0. The summed E-state index contributed by atoms with van der Waals surface area (Å²) in [5.74, 6) is -2.95. The molecule has 0 radical (unpaired) electrons. The lowest BCUT2D eigenvalue weighted by Gasteiger charge is -2.24. The van der Waals surface area contributed by atoms with Gasteiger partial charge in [0.25, 0.3) is 0 Å². The number of rotatable bonds is 3. The van der Waals surface area contributed by atoms with Crippen LogP contribution in [0.5, 0.6) is 0 Å². The molecule has 106 valence electrons. The van der Waals surface area contributed by atoms with Gasteiger partial charge in [0.2, 0.25) is 5.91 Å².